The third kappa shape index (κ3) is 4.58. The van der Waals surface area contributed by atoms with E-state index in [9.17, 15) is 4.39 Å². The second kappa shape index (κ2) is 8.92. The molecule has 154 valence electrons. The maximum atomic E-state index is 14.8. The topological polar surface area (TPSA) is 77.7 Å². The highest BCUT2D eigenvalue weighted by Gasteiger charge is 2.10. The Morgan fingerprint density at radius 2 is 1.97 bits per heavy atom. The molecule has 4 rings (SSSR count). The largest absolute Gasteiger partial charge is 0.359 e. The van der Waals surface area contributed by atoms with Gasteiger partial charge in [-0.1, -0.05) is 12.1 Å². The summed E-state index contributed by atoms with van der Waals surface area (Å²) in [6, 6.07) is 15.3. The molecule has 0 amide bonds. The Hall–Kier alpha value is -3.45. The van der Waals surface area contributed by atoms with Crippen molar-refractivity contribution in [2.24, 2.45) is 0 Å². The summed E-state index contributed by atoms with van der Waals surface area (Å²) in [6.45, 7) is 2.89. The number of fused-ring (bicyclic) bond motifs is 1. The quantitative estimate of drug-likeness (QED) is 0.309. The maximum absolute atomic E-state index is 14.8. The summed E-state index contributed by atoms with van der Waals surface area (Å²) in [5, 5.41) is 10.0. The molecule has 30 heavy (non-hydrogen) atoms. The van der Waals surface area contributed by atoms with Gasteiger partial charge in [-0.25, -0.2) is 9.37 Å². The average molecular weight is 404 g/mol. The lowest BCUT2D eigenvalue weighted by molar-refractivity contribution is 0.644. The molecular formula is C23H25FN6. The standard InChI is InChI=1S/C23H25FN6/c1-15-13-18-19(27-15)8-9-20(22(18)24)29-21-10-12-26-23(30-21)28-17-7-3-5-16(14-17)6-4-11-25-2/h3,5,7-10,12-14,25,27H,4,6,11H2,1-2H3,(H2,26,28,29,30). The first-order chi connectivity index (χ1) is 14.6. The number of aryl methyl sites for hydroxylation is 2. The van der Waals surface area contributed by atoms with Crippen LogP contribution in [0.5, 0.6) is 0 Å². The number of rotatable bonds is 8. The smallest absolute Gasteiger partial charge is 0.229 e. The third-order valence-electron chi connectivity index (χ3n) is 4.87. The first-order valence-corrected chi connectivity index (χ1v) is 10.0. The lowest BCUT2D eigenvalue weighted by atomic mass is 10.1. The number of aromatic nitrogens is 3. The van der Waals surface area contributed by atoms with Gasteiger partial charge in [0, 0.05) is 28.5 Å². The molecule has 0 atom stereocenters. The Morgan fingerprint density at radius 1 is 1.07 bits per heavy atom. The second-order valence-electron chi connectivity index (χ2n) is 7.26. The molecule has 2 aromatic carbocycles. The van der Waals surface area contributed by atoms with Crippen molar-refractivity contribution in [2.45, 2.75) is 19.8 Å². The van der Waals surface area contributed by atoms with Crippen molar-refractivity contribution in [3.8, 4) is 0 Å². The monoisotopic (exact) mass is 404 g/mol. The summed E-state index contributed by atoms with van der Waals surface area (Å²) in [6.07, 6.45) is 3.72. The van der Waals surface area contributed by atoms with E-state index in [-0.39, 0.29) is 5.82 Å². The number of aromatic amines is 1. The molecule has 0 saturated heterocycles. The van der Waals surface area contributed by atoms with Crippen LogP contribution in [-0.4, -0.2) is 28.5 Å². The highest BCUT2D eigenvalue weighted by atomic mass is 19.1. The van der Waals surface area contributed by atoms with Gasteiger partial charge in [0.15, 0.2) is 5.82 Å². The number of hydrogen-bond donors (Lipinski definition) is 4. The summed E-state index contributed by atoms with van der Waals surface area (Å²) < 4.78 is 14.8. The molecule has 0 radical (unpaired) electrons. The molecule has 6 nitrogen and oxygen atoms in total. The Bertz CT molecular complexity index is 1150. The Balaban J connectivity index is 1.49. The summed E-state index contributed by atoms with van der Waals surface area (Å²) in [5.41, 5.74) is 4.24. The number of nitrogens with zero attached hydrogens (tertiary/aromatic N) is 2. The van der Waals surface area contributed by atoms with Crippen LogP contribution in [0.1, 0.15) is 17.7 Å². The van der Waals surface area contributed by atoms with E-state index in [4.69, 9.17) is 0 Å². The molecule has 0 aliphatic heterocycles. The number of benzene rings is 2. The van der Waals surface area contributed by atoms with Crippen molar-refractivity contribution in [2.75, 3.05) is 24.2 Å². The van der Waals surface area contributed by atoms with Crippen LogP contribution < -0.4 is 16.0 Å². The van der Waals surface area contributed by atoms with Gasteiger partial charge in [0.2, 0.25) is 5.95 Å². The van der Waals surface area contributed by atoms with Gasteiger partial charge in [-0.3, -0.25) is 0 Å². The lowest BCUT2D eigenvalue weighted by Crippen LogP contribution is -2.08. The minimum absolute atomic E-state index is 0.306. The van der Waals surface area contributed by atoms with E-state index in [0.29, 0.717) is 22.8 Å². The van der Waals surface area contributed by atoms with E-state index in [0.717, 1.165) is 36.3 Å². The summed E-state index contributed by atoms with van der Waals surface area (Å²) >= 11 is 0. The molecule has 0 fully saturated rings. The van der Waals surface area contributed by atoms with Crippen molar-refractivity contribution in [3.63, 3.8) is 0 Å². The SMILES string of the molecule is CNCCCc1cccc(Nc2nccc(Nc3ccc4[nH]c(C)cc4c3F)n2)c1. The number of halogens is 1. The molecule has 4 aromatic rings. The Labute approximate surface area is 175 Å². The van der Waals surface area contributed by atoms with E-state index in [1.807, 2.05) is 32.2 Å². The molecule has 0 aliphatic carbocycles. The van der Waals surface area contributed by atoms with Crippen molar-refractivity contribution in [3.05, 3.63) is 71.8 Å². The number of anilines is 4. The molecule has 2 heterocycles. The molecule has 4 N–H and O–H groups in total. The summed E-state index contributed by atoms with van der Waals surface area (Å²) in [7, 11) is 1.96. The Kier molecular flexibility index (Phi) is 5.90. The fraction of sp³-hybridized carbons (Fsp3) is 0.217. The average Bonchev–Trinajstić information content (AvgIpc) is 3.12. The maximum Gasteiger partial charge on any atom is 0.229 e. The van der Waals surface area contributed by atoms with E-state index in [1.54, 1.807) is 24.4 Å². The molecule has 2 aromatic heterocycles. The van der Waals surface area contributed by atoms with Gasteiger partial charge >= 0.3 is 0 Å². The minimum atomic E-state index is -0.306. The zero-order chi connectivity index (χ0) is 20.9. The number of hydrogen-bond acceptors (Lipinski definition) is 5. The van der Waals surface area contributed by atoms with Crippen LogP contribution in [0.4, 0.5) is 27.5 Å². The zero-order valence-electron chi connectivity index (χ0n) is 17.1. The van der Waals surface area contributed by atoms with Crippen LogP contribution in [0.15, 0.2) is 54.7 Å². The molecule has 0 unspecified atom stereocenters. The first-order valence-electron chi connectivity index (χ1n) is 10.0. The molecule has 7 heteroatoms. The van der Waals surface area contributed by atoms with Crippen LogP contribution in [0.2, 0.25) is 0 Å². The van der Waals surface area contributed by atoms with Crippen molar-refractivity contribution in [1.29, 1.82) is 0 Å². The van der Waals surface area contributed by atoms with Crippen LogP contribution >= 0.6 is 0 Å². The van der Waals surface area contributed by atoms with E-state index in [1.165, 1.54) is 5.56 Å². The van der Waals surface area contributed by atoms with E-state index >= 15 is 0 Å². The van der Waals surface area contributed by atoms with Crippen molar-refractivity contribution in [1.82, 2.24) is 20.3 Å². The van der Waals surface area contributed by atoms with Gasteiger partial charge in [0.05, 0.1) is 5.69 Å². The summed E-state index contributed by atoms with van der Waals surface area (Å²) in [4.78, 5) is 11.9. The normalized spacial score (nSPS) is 11.0. The van der Waals surface area contributed by atoms with Gasteiger partial charge in [-0.15, -0.1) is 0 Å². The van der Waals surface area contributed by atoms with Crippen LogP contribution in [0.3, 0.4) is 0 Å². The van der Waals surface area contributed by atoms with Crippen LogP contribution in [-0.2, 0) is 6.42 Å². The zero-order valence-corrected chi connectivity index (χ0v) is 17.1. The van der Waals surface area contributed by atoms with Gasteiger partial charge in [0.25, 0.3) is 0 Å². The molecule has 0 spiro atoms. The fourth-order valence-electron chi connectivity index (χ4n) is 3.43. The van der Waals surface area contributed by atoms with Crippen LogP contribution in [0, 0.1) is 12.7 Å². The predicted molar refractivity (Wildman–Crippen MR) is 120 cm³/mol. The molecule has 0 aliphatic rings. The summed E-state index contributed by atoms with van der Waals surface area (Å²) in [5.74, 6) is 0.661. The predicted octanol–water partition coefficient (Wildman–Crippen LogP) is 5.04. The van der Waals surface area contributed by atoms with Gasteiger partial charge < -0.3 is 20.9 Å². The number of nitrogens with one attached hydrogen (secondary N) is 4. The first kappa shape index (κ1) is 19.8. The van der Waals surface area contributed by atoms with E-state index in [2.05, 4.69) is 43.0 Å². The molecule has 0 saturated carbocycles. The van der Waals surface area contributed by atoms with Crippen molar-refractivity contribution >= 4 is 34.0 Å². The highest BCUT2D eigenvalue weighted by molar-refractivity contribution is 5.85. The second-order valence-corrected chi connectivity index (χ2v) is 7.26. The lowest BCUT2D eigenvalue weighted by Gasteiger charge is -2.10. The minimum Gasteiger partial charge on any atom is -0.359 e. The Morgan fingerprint density at radius 3 is 2.83 bits per heavy atom. The van der Waals surface area contributed by atoms with Crippen LogP contribution in [0.25, 0.3) is 10.9 Å². The van der Waals surface area contributed by atoms with Gasteiger partial charge in [0.1, 0.15) is 5.82 Å². The molecular weight excluding hydrogens is 379 g/mol. The van der Waals surface area contributed by atoms with Gasteiger partial charge in [-0.05, 0) is 75.3 Å². The molecule has 0 bridgehead atoms. The van der Waals surface area contributed by atoms with Crippen molar-refractivity contribution < 1.29 is 4.39 Å². The van der Waals surface area contributed by atoms with E-state index < -0.39 is 0 Å². The van der Waals surface area contributed by atoms with Gasteiger partial charge in [-0.2, -0.15) is 4.98 Å². The fourth-order valence-corrected chi connectivity index (χ4v) is 3.43. The number of H-pyrrole nitrogens is 1. The highest BCUT2D eigenvalue weighted by Crippen LogP contribution is 2.27. The third-order valence-corrected chi connectivity index (χ3v) is 4.87.